The van der Waals surface area contributed by atoms with Gasteiger partial charge in [-0.15, -0.1) is 0 Å². The van der Waals surface area contributed by atoms with Gasteiger partial charge in [-0.05, 0) is 54.4 Å². The first-order valence-corrected chi connectivity index (χ1v) is 10.9. The maximum Gasteiger partial charge on any atom is 0.490 e. The summed E-state index contributed by atoms with van der Waals surface area (Å²) in [5.41, 5.74) is 1.75. The van der Waals surface area contributed by atoms with E-state index in [9.17, 15) is 22.4 Å². The summed E-state index contributed by atoms with van der Waals surface area (Å²) in [5, 5.41) is 16.2. The van der Waals surface area contributed by atoms with E-state index in [0.717, 1.165) is 23.4 Å². The zero-order valence-electron chi connectivity index (χ0n) is 19.7. The average Bonchev–Trinajstić information content (AvgIpc) is 2.86. The van der Waals surface area contributed by atoms with Gasteiger partial charge in [0.25, 0.3) is 0 Å². The number of anilines is 3. The molecule has 1 amide bonds. The van der Waals surface area contributed by atoms with Crippen LogP contribution in [0, 0.1) is 5.82 Å². The highest BCUT2D eigenvalue weighted by atomic mass is 19.4. The van der Waals surface area contributed by atoms with Crippen molar-refractivity contribution in [2.24, 2.45) is 0 Å². The molecule has 0 saturated carbocycles. The second-order valence-corrected chi connectivity index (χ2v) is 7.33. The van der Waals surface area contributed by atoms with Gasteiger partial charge in [-0.25, -0.2) is 14.2 Å². The van der Waals surface area contributed by atoms with E-state index in [1.165, 1.54) is 12.1 Å². The summed E-state index contributed by atoms with van der Waals surface area (Å²) in [4.78, 5) is 29.5. The minimum atomic E-state index is -5.08. The first-order chi connectivity index (χ1) is 17.6. The number of rotatable bonds is 10. The molecule has 0 fully saturated rings. The number of hydrogen-bond donors (Lipinski definition) is 4. The third kappa shape index (κ3) is 11.2. The lowest BCUT2D eigenvalue weighted by Gasteiger charge is -2.09. The Balaban J connectivity index is 0.000000604. The van der Waals surface area contributed by atoms with Gasteiger partial charge in [-0.1, -0.05) is 12.1 Å². The Kier molecular flexibility index (Phi) is 11.1. The van der Waals surface area contributed by atoms with Crippen molar-refractivity contribution in [1.29, 1.82) is 0 Å². The highest BCUT2D eigenvalue weighted by molar-refractivity contribution is 5.91. The molecule has 0 spiro atoms. The number of ether oxygens (including phenoxy) is 1. The molecule has 1 heterocycles. The normalized spacial score (nSPS) is 10.5. The molecular formula is C24H25F4N5O4. The minimum absolute atomic E-state index is 0.0978. The predicted octanol–water partition coefficient (Wildman–Crippen LogP) is 4.35. The van der Waals surface area contributed by atoms with Crippen LogP contribution in [0.3, 0.4) is 0 Å². The summed E-state index contributed by atoms with van der Waals surface area (Å²) in [6.45, 7) is 1.06. The number of hydrogen-bond acceptors (Lipinski definition) is 7. The molecule has 1 aromatic heterocycles. The molecule has 0 saturated heterocycles. The second-order valence-electron chi connectivity index (χ2n) is 7.33. The van der Waals surface area contributed by atoms with Crippen LogP contribution in [0.2, 0.25) is 0 Å². The fourth-order valence-corrected chi connectivity index (χ4v) is 2.71. The van der Waals surface area contributed by atoms with Gasteiger partial charge in [-0.2, -0.15) is 18.2 Å². The Bertz CT molecular complexity index is 1140. The maximum absolute atomic E-state index is 12.9. The lowest BCUT2D eigenvalue weighted by Crippen LogP contribution is -2.21. The maximum atomic E-state index is 12.9. The van der Waals surface area contributed by atoms with Gasteiger partial charge in [0.05, 0.1) is 7.11 Å². The number of halogens is 4. The lowest BCUT2D eigenvalue weighted by atomic mass is 10.1. The number of alkyl halides is 3. The van der Waals surface area contributed by atoms with Crippen molar-refractivity contribution < 1.29 is 37.0 Å². The van der Waals surface area contributed by atoms with E-state index in [0.29, 0.717) is 31.3 Å². The molecule has 0 aliphatic rings. The molecule has 0 aliphatic carbocycles. The van der Waals surface area contributed by atoms with E-state index in [1.807, 2.05) is 0 Å². The van der Waals surface area contributed by atoms with Crippen LogP contribution in [0.1, 0.15) is 12.0 Å². The van der Waals surface area contributed by atoms with Gasteiger partial charge >= 0.3 is 12.1 Å². The minimum Gasteiger partial charge on any atom is -0.497 e. The van der Waals surface area contributed by atoms with Crippen LogP contribution in [0.15, 0.2) is 60.8 Å². The molecule has 37 heavy (non-hydrogen) atoms. The fourth-order valence-electron chi connectivity index (χ4n) is 2.71. The summed E-state index contributed by atoms with van der Waals surface area (Å²) in [5.74, 6) is -1.24. The van der Waals surface area contributed by atoms with Crippen LogP contribution < -0.4 is 20.7 Å². The van der Waals surface area contributed by atoms with Crippen molar-refractivity contribution in [2.45, 2.75) is 19.0 Å². The zero-order chi connectivity index (χ0) is 27.3. The molecule has 0 atom stereocenters. The summed E-state index contributed by atoms with van der Waals surface area (Å²) in [6.07, 6.45) is -2.41. The molecule has 9 nitrogen and oxygen atoms in total. The van der Waals surface area contributed by atoms with Crippen LogP contribution in [-0.2, 0) is 16.0 Å². The number of nitrogens with zero attached hydrogens (tertiary/aromatic N) is 2. The number of carbonyl (C=O) groups excluding carboxylic acids is 1. The van der Waals surface area contributed by atoms with Crippen LogP contribution in [0.25, 0.3) is 0 Å². The number of carboxylic acids is 1. The number of aliphatic carboxylic acids is 1. The van der Waals surface area contributed by atoms with Crippen LogP contribution >= 0.6 is 0 Å². The number of methoxy groups -OCH3 is 1. The fraction of sp³-hybridized carbons (Fsp3) is 0.250. The summed E-state index contributed by atoms with van der Waals surface area (Å²) in [6, 6.07) is 15.3. The number of benzene rings is 2. The molecule has 0 unspecified atom stereocenters. The molecule has 4 N–H and O–H groups in total. The van der Waals surface area contributed by atoms with Crippen molar-refractivity contribution >= 4 is 29.3 Å². The van der Waals surface area contributed by atoms with E-state index < -0.39 is 12.1 Å². The highest BCUT2D eigenvalue weighted by Crippen LogP contribution is 2.15. The number of aromatic nitrogens is 2. The van der Waals surface area contributed by atoms with Gasteiger partial charge in [0.2, 0.25) is 11.9 Å². The molecule has 198 valence electrons. The van der Waals surface area contributed by atoms with Gasteiger partial charge in [-0.3, -0.25) is 4.79 Å². The average molecular weight is 523 g/mol. The predicted molar refractivity (Wildman–Crippen MR) is 129 cm³/mol. The highest BCUT2D eigenvalue weighted by Gasteiger charge is 2.38. The van der Waals surface area contributed by atoms with Crippen molar-refractivity contribution in [3.8, 4) is 5.75 Å². The van der Waals surface area contributed by atoms with Crippen LogP contribution in [0.5, 0.6) is 5.75 Å². The van der Waals surface area contributed by atoms with E-state index in [-0.39, 0.29) is 11.7 Å². The van der Waals surface area contributed by atoms with Crippen LogP contribution in [-0.4, -0.2) is 53.3 Å². The van der Waals surface area contributed by atoms with E-state index in [2.05, 4.69) is 25.9 Å². The standard InChI is InChI=1S/C22H24FN5O2.C2HF3O2/c1-30-19-8-6-18(7-9-19)27-21(29)12-15-24-20-11-14-26-22(28-20)25-13-10-16-2-4-17(23)5-3-16;3-2(4,5)1(6)7/h2-9,11,14H,10,12-13,15H2,1H3,(H,27,29)(H2,24,25,26,28);(H,6,7). The van der Waals surface area contributed by atoms with Crippen LogP contribution in [0.4, 0.5) is 35.0 Å². The number of nitrogens with one attached hydrogen (secondary N) is 3. The zero-order valence-corrected chi connectivity index (χ0v) is 19.7. The van der Waals surface area contributed by atoms with E-state index in [1.54, 1.807) is 55.8 Å². The van der Waals surface area contributed by atoms with Crippen molar-refractivity contribution in [3.05, 3.63) is 72.2 Å². The van der Waals surface area contributed by atoms with Gasteiger partial charge in [0.1, 0.15) is 17.4 Å². The second kappa shape index (κ2) is 14.2. The number of carbonyl (C=O) groups is 2. The Morgan fingerprint density at radius 2 is 1.62 bits per heavy atom. The largest absolute Gasteiger partial charge is 0.497 e. The van der Waals surface area contributed by atoms with Gasteiger partial charge < -0.3 is 25.8 Å². The van der Waals surface area contributed by atoms with Crippen molar-refractivity contribution in [2.75, 3.05) is 36.1 Å². The SMILES string of the molecule is COc1ccc(NC(=O)CCNc2ccnc(NCCc3ccc(F)cc3)n2)cc1.O=C(O)C(F)(F)F. The number of amides is 1. The third-order valence-electron chi connectivity index (χ3n) is 4.54. The molecule has 2 aromatic carbocycles. The third-order valence-corrected chi connectivity index (χ3v) is 4.54. The quantitative estimate of drug-likeness (QED) is 0.289. The first-order valence-electron chi connectivity index (χ1n) is 10.9. The molecule has 0 bridgehead atoms. The molecule has 3 aromatic rings. The smallest absolute Gasteiger partial charge is 0.490 e. The molecule has 3 rings (SSSR count). The molecule has 0 aliphatic heterocycles. The van der Waals surface area contributed by atoms with Gasteiger partial charge in [0.15, 0.2) is 0 Å². The molecule has 13 heteroatoms. The summed E-state index contributed by atoms with van der Waals surface area (Å²) >= 11 is 0. The Labute approximate surface area is 209 Å². The van der Waals surface area contributed by atoms with Gasteiger partial charge in [0, 0.05) is 31.4 Å². The Morgan fingerprint density at radius 3 is 2.22 bits per heavy atom. The number of carboxylic acid groups (broad SMARTS) is 1. The monoisotopic (exact) mass is 523 g/mol. The molecular weight excluding hydrogens is 498 g/mol. The van der Waals surface area contributed by atoms with Crippen molar-refractivity contribution in [3.63, 3.8) is 0 Å². The van der Waals surface area contributed by atoms with E-state index in [4.69, 9.17) is 14.6 Å². The lowest BCUT2D eigenvalue weighted by molar-refractivity contribution is -0.192. The van der Waals surface area contributed by atoms with E-state index >= 15 is 0 Å². The Hall–Kier alpha value is -4.42. The summed E-state index contributed by atoms with van der Waals surface area (Å²) in [7, 11) is 1.60. The summed E-state index contributed by atoms with van der Waals surface area (Å²) < 4.78 is 49.8. The first kappa shape index (κ1) is 28.8. The van der Waals surface area contributed by atoms with Crippen molar-refractivity contribution in [1.82, 2.24) is 9.97 Å². The Morgan fingerprint density at radius 1 is 0.973 bits per heavy atom. The molecule has 0 radical (unpaired) electrons. The topological polar surface area (TPSA) is 125 Å².